The fraction of sp³-hybridized carbons (Fsp3) is 0.188. The summed E-state index contributed by atoms with van der Waals surface area (Å²) in [6, 6.07) is 13.0. The van der Waals surface area contributed by atoms with E-state index in [-0.39, 0.29) is 24.1 Å². The van der Waals surface area contributed by atoms with Crippen LogP contribution in [0.5, 0.6) is 5.75 Å². The third-order valence-electron chi connectivity index (χ3n) is 3.04. The fourth-order valence-electron chi connectivity index (χ4n) is 2.05. The Balaban J connectivity index is 2.31. The number of hydrogen-bond acceptors (Lipinski definition) is 2. The van der Waals surface area contributed by atoms with Crippen LogP contribution in [0.15, 0.2) is 48.5 Å². The van der Waals surface area contributed by atoms with Crippen LogP contribution >= 0.6 is 34.2 Å². The fourth-order valence-corrected chi connectivity index (χ4v) is 2.97. The average molecular weight is 470 g/mol. The van der Waals surface area contributed by atoms with Gasteiger partial charge in [-0.1, -0.05) is 30.3 Å². The molecule has 3 nitrogen and oxygen atoms in total. The number of nitrogens with zero attached hydrogens (tertiary/aromatic N) is 1. The molecule has 0 spiro atoms. The lowest BCUT2D eigenvalue weighted by atomic mass is 10.2. The van der Waals surface area contributed by atoms with E-state index in [0.29, 0.717) is 9.26 Å². The van der Waals surface area contributed by atoms with Gasteiger partial charge in [-0.2, -0.15) is 0 Å². The third kappa shape index (κ3) is 5.27. The number of rotatable bonds is 5. The predicted octanol–water partition coefficient (Wildman–Crippen LogP) is 4.96. The second-order valence-electron chi connectivity index (χ2n) is 4.76. The first kappa shape index (κ1) is 18.9. The Kier molecular flexibility index (Phi) is 6.34. The first-order chi connectivity index (χ1) is 11.3. The summed E-state index contributed by atoms with van der Waals surface area (Å²) in [6.45, 7) is 0.266. The number of carbonyl (C=O) groups excluding carboxylic acids is 1. The van der Waals surface area contributed by atoms with Gasteiger partial charge in [-0.05, 0) is 46.4 Å². The van der Waals surface area contributed by atoms with Crippen molar-refractivity contribution < 1.29 is 22.7 Å². The summed E-state index contributed by atoms with van der Waals surface area (Å²) in [6.07, 6.45) is -4.76. The molecule has 0 aliphatic carbocycles. The van der Waals surface area contributed by atoms with Gasteiger partial charge >= 0.3 is 6.36 Å². The minimum absolute atomic E-state index is 0.232. The maximum atomic E-state index is 12.3. The van der Waals surface area contributed by atoms with Crippen LogP contribution < -0.4 is 9.64 Å². The van der Waals surface area contributed by atoms with E-state index in [1.807, 2.05) is 52.9 Å². The van der Waals surface area contributed by atoms with Crippen molar-refractivity contribution in [2.24, 2.45) is 0 Å². The summed E-state index contributed by atoms with van der Waals surface area (Å²) < 4.78 is 41.2. The van der Waals surface area contributed by atoms with Crippen molar-refractivity contribution >= 4 is 45.8 Å². The monoisotopic (exact) mass is 469 g/mol. The van der Waals surface area contributed by atoms with Crippen molar-refractivity contribution in [3.05, 3.63) is 57.7 Å². The largest absolute Gasteiger partial charge is 0.573 e. The van der Waals surface area contributed by atoms with Crippen molar-refractivity contribution in [1.29, 1.82) is 0 Å². The quantitative estimate of drug-likeness (QED) is 0.458. The van der Waals surface area contributed by atoms with Gasteiger partial charge in [-0.3, -0.25) is 4.79 Å². The van der Waals surface area contributed by atoms with Crippen molar-refractivity contribution in [3.8, 4) is 5.75 Å². The lowest BCUT2D eigenvalue weighted by Gasteiger charge is -2.24. The topological polar surface area (TPSA) is 29.5 Å². The first-order valence-electron chi connectivity index (χ1n) is 6.75. The van der Waals surface area contributed by atoms with E-state index in [9.17, 15) is 18.0 Å². The van der Waals surface area contributed by atoms with Gasteiger partial charge in [0.15, 0.2) is 0 Å². The van der Waals surface area contributed by atoms with Gasteiger partial charge in [-0.15, -0.1) is 24.8 Å². The van der Waals surface area contributed by atoms with Crippen LogP contribution in [0, 0.1) is 3.57 Å². The number of amides is 1. The Bertz CT molecular complexity index is 710. The number of alkyl halides is 4. The van der Waals surface area contributed by atoms with Crippen LogP contribution in [0.4, 0.5) is 18.9 Å². The van der Waals surface area contributed by atoms with Gasteiger partial charge in [0, 0.05) is 3.57 Å². The summed E-state index contributed by atoms with van der Waals surface area (Å²) in [7, 11) is 0. The number of anilines is 1. The van der Waals surface area contributed by atoms with Crippen molar-refractivity contribution in [1.82, 2.24) is 0 Å². The number of carbonyl (C=O) groups is 1. The molecule has 0 unspecified atom stereocenters. The van der Waals surface area contributed by atoms with Crippen molar-refractivity contribution in [3.63, 3.8) is 0 Å². The molecule has 0 bridgehead atoms. The highest BCUT2D eigenvalue weighted by Crippen LogP contribution is 2.31. The number of ether oxygens (including phenoxy) is 1. The molecule has 0 heterocycles. The van der Waals surface area contributed by atoms with E-state index < -0.39 is 6.36 Å². The standard InChI is InChI=1S/C16H12ClF3INO2/c17-9-15(23)22(10-11-4-2-1-3-5-11)14-7-6-12(8-13(14)21)24-16(18,19)20/h1-8H,9-10H2. The van der Waals surface area contributed by atoms with Gasteiger partial charge in [0.1, 0.15) is 11.6 Å². The lowest BCUT2D eigenvalue weighted by Crippen LogP contribution is -2.32. The molecule has 2 aromatic carbocycles. The summed E-state index contributed by atoms with van der Waals surface area (Å²) >= 11 is 7.53. The molecule has 128 valence electrons. The highest BCUT2D eigenvalue weighted by molar-refractivity contribution is 14.1. The van der Waals surface area contributed by atoms with Crippen molar-refractivity contribution in [2.75, 3.05) is 10.8 Å². The van der Waals surface area contributed by atoms with Gasteiger partial charge in [0.2, 0.25) is 5.91 Å². The van der Waals surface area contributed by atoms with Crippen LogP contribution in [0.3, 0.4) is 0 Å². The zero-order valence-corrected chi connectivity index (χ0v) is 15.1. The Morgan fingerprint density at radius 2 is 1.83 bits per heavy atom. The SMILES string of the molecule is O=C(CCl)N(Cc1ccccc1)c1ccc(OC(F)(F)F)cc1I. The lowest BCUT2D eigenvalue weighted by molar-refractivity contribution is -0.274. The summed E-state index contributed by atoms with van der Waals surface area (Å²) in [4.78, 5) is 13.6. The van der Waals surface area contributed by atoms with Crippen LogP contribution in [0.2, 0.25) is 0 Å². The summed E-state index contributed by atoms with van der Waals surface area (Å²) in [5.74, 6) is -0.916. The smallest absolute Gasteiger partial charge is 0.406 e. The molecule has 0 aromatic heterocycles. The van der Waals surface area contributed by atoms with Crippen LogP contribution in [0.1, 0.15) is 5.56 Å². The third-order valence-corrected chi connectivity index (χ3v) is 4.14. The normalized spacial score (nSPS) is 11.2. The van der Waals surface area contributed by atoms with E-state index in [1.54, 1.807) is 0 Å². The molecule has 0 saturated heterocycles. The minimum atomic E-state index is -4.76. The molecule has 1 amide bonds. The molecule has 0 aliphatic heterocycles. The highest BCUT2D eigenvalue weighted by atomic mass is 127. The predicted molar refractivity (Wildman–Crippen MR) is 94.2 cm³/mol. The summed E-state index contributed by atoms with van der Waals surface area (Å²) in [5.41, 5.74) is 1.35. The minimum Gasteiger partial charge on any atom is -0.406 e. The molecule has 24 heavy (non-hydrogen) atoms. The maximum Gasteiger partial charge on any atom is 0.573 e. The first-order valence-corrected chi connectivity index (χ1v) is 8.37. The average Bonchev–Trinajstić information content (AvgIpc) is 2.52. The zero-order chi connectivity index (χ0) is 17.7. The summed E-state index contributed by atoms with van der Waals surface area (Å²) in [5, 5.41) is 0. The number of halogens is 5. The van der Waals surface area contributed by atoms with E-state index in [2.05, 4.69) is 4.74 Å². The van der Waals surface area contributed by atoms with E-state index in [0.717, 1.165) is 5.56 Å². The second kappa shape index (κ2) is 8.06. The van der Waals surface area contributed by atoms with Gasteiger partial charge < -0.3 is 9.64 Å². The van der Waals surface area contributed by atoms with Gasteiger partial charge in [-0.25, -0.2) is 0 Å². The van der Waals surface area contributed by atoms with Gasteiger partial charge in [0.25, 0.3) is 0 Å². The molecule has 0 radical (unpaired) electrons. The highest BCUT2D eigenvalue weighted by Gasteiger charge is 2.31. The van der Waals surface area contributed by atoms with E-state index >= 15 is 0 Å². The molecule has 0 saturated carbocycles. The Hall–Kier alpha value is -1.48. The number of benzene rings is 2. The maximum absolute atomic E-state index is 12.3. The van der Waals surface area contributed by atoms with Crippen LogP contribution in [-0.4, -0.2) is 18.1 Å². The second-order valence-corrected chi connectivity index (χ2v) is 6.19. The molecule has 0 N–H and O–H groups in total. The van der Waals surface area contributed by atoms with E-state index in [4.69, 9.17) is 11.6 Å². The molecule has 0 aliphatic rings. The van der Waals surface area contributed by atoms with Crippen LogP contribution in [0.25, 0.3) is 0 Å². The Morgan fingerprint density at radius 1 is 1.17 bits per heavy atom. The Labute approximate surface area is 155 Å². The molecular weight excluding hydrogens is 458 g/mol. The Morgan fingerprint density at radius 3 is 2.38 bits per heavy atom. The molecule has 2 rings (SSSR count). The van der Waals surface area contributed by atoms with Crippen LogP contribution in [-0.2, 0) is 11.3 Å². The van der Waals surface area contributed by atoms with E-state index in [1.165, 1.54) is 23.1 Å². The molecule has 0 atom stereocenters. The zero-order valence-electron chi connectivity index (χ0n) is 12.2. The molecule has 8 heteroatoms. The number of hydrogen-bond donors (Lipinski definition) is 0. The molecular formula is C16H12ClF3INO2. The molecule has 0 fully saturated rings. The van der Waals surface area contributed by atoms with Crippen molar-refractivity contribution in [2.45, 2.75) is 12.9 Å². The molecule has 2 aromatic rings. The van der Waals surface area contributed by atoms with Gasteiger partial charge in [0.05, 0.1) is 12.2 Å².